The van der Waals surface area contributed by atoms with Crippen molar-refractivity contribution in [2.75, 3.05) is 26.7 Å². The average molecular weight is 433 g/mol. The zero-order valence-corrected chi connectivity index (χ0v) is 18.4. The summed E-state index contributed by atoms with van der Waals surface area (Å²) in [6.07, 6.45) is 4.84. The summed E-state index contributed by atoms with van der Waals surface area (Å²) < 4.78 is 10.8. The predicted molar refractivity (Wildman–Crippen MR) is 113 cm³/mol. The van der Waals surface area contributed by atoms with E-state index in [0.29, 0.717) is 17.3 Å². The quantitative estimate of drug-likeness (QED) is 0.635. The Morgan fingerprint density at radius 1 is 1.30 bits per heavy atom. The van der Waals surface area contributed by atoms with Gasteiger partial charge in [0, 0.05) is 25.2 Å². The largest absolute Gasteiger partial charge is 0.490 e. The first-order valence-corrected chi connectivity index (χ1v) is 11.0. The molecule has 8 heteroatoms. The number of likely N-dealkylation sites (N-methyl/N-ethyl adjacent to an activating group) is 1. The van der Waals surface area contributed by atoms with E-state index in [-0.39, 0.29) is 18.4 Å². The standard InChI is InChI=1S/C22H29ClN4O3/c1-15-21(25-30-24-15)12-22(28)26(2)13-16-9-19(10-16)29-18-6-5-17(20(23)11-18)14-27-7-3-4-8-27/h5-6,11,16,19H,3-4,7-10,12-14H2,1-2H3. The summed E-state index contributed by atoms with van der Waals surface area (Å²) in [7, 11) is 1.83. The third-order valence-electron chi connectivity index (χ3n) is 6.14. The minimum atomic E-state index is 0.0264. The number of rotatable bonds is 8. The lowest BCUT2D eigenvalue weighted by atomic mass is 9.82. The number of halogens is 1. The summed E-state index contributed by atoms with van der Waals surface area (Å²) in [6, 6.07) is 6.04. The number of hydrogen-bond donors (Lipinski definition) is 0. The molecule has 0 spiro atoms. The molecule has 1 aromatic heterocycles. The van der Waals surface area contributed by atoms with Crippen LogP contribution in [0.3, 0.4) is 0 Å². The molecule has 1 saturated heterocycles. The molecule has 1 aliphatic heterocycles. The van der Waals surface area contributed by atoms with Gasteiger partial charge in [0.1, 0.15) is 17.1 Å². The minimum absolute atomic E-state index is 0.0264. The van der Waals surface area contributed by atoms with E-state index in [1.165, 1.54) is 12.8 Å². The zero-order chi connectivity index (χ0) is 21.1. The Hall–Kier alpha value is -2.12. The molecule has 2 aromatic rings. The second-order valence-electron chi connectivity index (χ2n) is 8.56. The van der Waals surface area contributed by atoms with Gasteiger partial charge in [0.15, 0.2) is 0 Å². The van der Waals surface area contributed by atoms with Crippen molar-refractivity contribution in [3.63, 3.8) is 0 Å². The molecule has 0 atom stereocenters. The second kappa shape index (κ2) is 9.35. The Labute approximate surface area is 182 Å². The zero-order valence-electron chi connectivity index (χ0n) is 17.6. The number of nitrogens with zero attached hydrogens (tertiary/aromatic N) is 4. The number of ether oxygens (including phenoxy) is 1. The van der Waals surface area contributed by atoms with Crippen molar-refractivity contribution in [1.29, 1.82) is 0 Å². The van der Waals surface area contributed by atoms with Crippen LogP contribution >= 0.6 is 11.6 Å². The van der Waals surface area contributed by atoms with Crippen molar-refractivity contribution in [3.05, 3.63) is 40.2 Å². The Balaban J connectivity index is 1.20. The van der Waals surface area contributed by atoms with Crippen LogP contribution in [0.2, 0.25) is 5.02 Å². The van der Waals surface area contributed by atoms with Crippen LogP contribution in [0.1, 0.15) is 42.6 Å². The molecule has 0 N–H and O–H groups in total. The molecule has 2 fully saturated rings. The second-order valence-corrected chi connectivity index (χ2v) is 8.97. The minimum Gasteiger partial charge on any atom is -0.490 e. The number of benzene rings is 1. The van der Waals surface area contributed by atoms with Gasteiger partial charge in [0.2, 0.25) is 5.91 Å². The van der Waals surface area contributed by atoms with Crippen LogP contribution < -0.4 is 4.74 Å². The molecule has 0 radical (unpaired) electrons. The van der Waals surface area contributed by atoms with Gasteiger partial charge in [-0.05, 0) is 69.3 Å². The van der Waals surface area contributed by atoms with Crippen molar-refractivity contribution in [3.8, 4) is 5.75 Å². The molecule has 0 bridgehead atoms. The SMILES string of the molecule is Cc1nonc1CC(=O)N(C)CC1CC(Oc2ccc(CN3CCCC3)c(Cl)c2)C1. The van der Waals surface area contributed by atoms with Crippen molar-refractivity contribution >= 4 is 17.5 Å². The van der Waals surface area contributed by atoms with E-state index in [1.807, 2.05) is 19.2 Å². The average Bonchev–Trinajstić information content (AvgIpc) is 3.34. The monoisotopic (exact) mass is 432 g/mol. The summed E-state index contributed by atoms with van der Waals surface area (Å²) >= 11 is 6.49. The molecule has 2 heterocycles. The first kappa shape index (κ1) is 21.1. The molecular weight excluding hydrogens is 404 g/mol. The smallest absolute Gasteiger partial charge is 0.228 e. The van der Waals surface area contributed by atoms with E-state index in [2.05, 4.69) is 25.9 Å². The lowest BCUT2D eigenvalue weighted by Gasteiger charge is -2.37. The van der Waals surface area contributed by atoms with E-state index >= 15 is 0 Å². The van der Waals surface area contributed by atoms with Crippen LogP contribution in [0.15, 0.2) is 22.8 Å². The van der Waals surface area contributed by atoms with Gasteiger partial charge in [0.25, 0.3) is 0 Å². The predicted octanol–water partition coefficient (Wildman–Crippen LogP) is 3.49. The Morgan fingerprint density at radius 2 is 2.07 bits per heavy atom. The molecule has 1 aromatic carbocycles. The van der Waals surface area contributed by atoms with E-state index in [1.54, 1.807) is 11.8 Å². The van der Waals surface area contributed by atoms with Gasteiger partial charge in [-0.15, -0.1) is 0 Å². The highest BCUT2D eigenvalue weighted by atomic mass is 35.5. The number of aromatic nitrogens is 2. The van der Waals surface area contributed by atoms with E-state index in [4.69, 9.17) is 16.3 Å². The molecular formula is C22H29ClN4O3. The number of likely N-dealkylation sites (tertiary alicyclic amines) is 1. The van der Waals surface area contributed by atoms with E-state index in [0.717, 1.165) is 55.4 Å². The number of aryl methyl sites for hydroxylation is 1. The molecule has 4 rings (SSSR count). The van der Waals surface area contributed by atoms with Crippen LogP contribution in [0.25, 0.3) is 0 Å². The summed E-state index contributed by atoms with van der Waals surface area (Å²) in [5, 5.41) is 8.28. The van der Waals surface area contributed by atoms with Crippen LogP contribution in [0, 0.1) is 12.8 Å². The molecule has 1 saturated carbocycles. The molecule has 2 aliphatic rings. The van der Waals surface area contributed by atoms with Gasteiger partial charge in [-0.1, -0.05) is 28.0 Å². The van der Waals surface area contributed by atoms with Gasteiger partial charge in [-0.25, -0.2) is 4.63 Å². The molecule has 0 unspecified atom stereocenters. The number of amides is 1. The fourth-order valence-corrected chi connectivity index (χ4v) is 4.43. The van der Waals surface area contributed by atoms with Crippen LogP contribution in [-0.2, 0) is 17.8 Å². The maximum Gasteiger partial charge on any atom is 0.228 e. The fourth-order valence-electron chi connectivity index (χ4n) is 4.20. The van der Waals surface area contributed by atoms with Gasteiger partial charge in [-0.2, -0.15) is 0 Å². The maximum absolute atomic E-state index is 12.4. The lowest BCUT2D eigenvalue weighted by Crippen LogP contribution is -2.42. The van der Waals surface area contributed by atoms with Crippen molar-refractivity contribution in [2.24, 2.45) is 5.92 Å². The highest BCUT2D eigenvalue weighted by Crippen LogP contribution is 2.33. The highest BCUT2D eigenvalue weighted by Gasteiger charge is 2.32. The van der Waals surface area contributed by atoms with Crippen molar-refractivity contribution in [1.82, 2.24) is 20.1 Å². The Morgan fingerprint density at radius 3 is 2.73 bits per heavy atom. The molecule has 1 aliphatic carbocycles. The topological polar surface area (TPSA) is 71.7 Å². The fraction of sp³-hybridized carbons (Fsp3) is 0.591. The third-order valence-corrected chi connectivity index (χ3v) is 6.49. The maximum atomic E-state index is 12.4. The van der Waals surface area contributed by atoms with Crippen LogP contribution in [-0.4, -0.2) is 58.8 Å². The van der Waals surface area contributed by atoms with Crippen molar-refractivity contribution < 1.29 is 14.2 Å². The van der Waals surface area contributed by atoms with E-state index in [9.17, 15) is 4.79 Å². The first-order valence-electron chi connectivity index (χ1n) is 10.7. The number of hydrogen-bond acceptors (Lipinski definition) is 6. The Bertz CT molecular complexity index is 875. The first-order chi connectivity index (χ1) is 14.5. The van der Waals surface area contributed by atoms with Crippen molar-refractivity contribution in [2.45, 2.75) is 51.7 Å². The number of carbonyl (C=O) groups excluding carboxylic acids is 1. The van der Waals surface area contributed by atoms with Gasteiger partial charge >= 0.3 is 0 Å². The third kappa shape index (κ3) is 5.13. The lowest BCUT2D eigenvalue weighted by molar-refractivity contribution is -0.130. The summed E-state index contributed by atoms with van der Waals surface area (Å²) in [5.41, 5.74) is 2.43. The molecule has 1 amide bonds. The molecule has 30 heavy (non-hydrogen) atoms. The van der Waals surface area contributed by atoms with Crippen LogP contribution in [0.5, 0.6) is 5.75 Å². The number of carbonyl (C=O) groups is 1. The van der Waals surface area contributed by atoms with Gasteiger partial charge in [0.05, 0.1) is 12.5 Å². The summed E-state index contributed by atoms with van der Waals surface area (Å²) in [5.74, 6) is 1.30. The molecule has 7 nitrogen and oxygen atoms in total. The van der Waals surface area contributed by atoms with Gasteiger partial charge in [-0.3, -0.25) is 9.69 Å². The molecule has 162 valence electrons. The Kier molecular flexibility index (Phi) is 6.58. The highest BCUT2D eigenvalue weighted by molar-refractivity contribution is 6.31. The summed E-state index contributed by atoms with van der Waals surface area (Å²) in [6.45, 7) is 5.74. The van der Waals surface area contributed by atoms with Gasteiger partial charge < -0.3 is 9.64 Å². The van der Waals surface area contributed by atoms with Crippen LogP contribution in [0.4, 0.5) is 0 Å². The summed E-state index contributed by atoms with van der Waals surface area (Å²) in [4.78, 5) is 16.6. The normalized spacial score (nSPS) is 21.4. The van der Waals surface area contributed by atoms with E-state index < -0.39 is 0 Å².